The van der Waals surface area contributed by atoms with Crippen molar-refractivity contribution in [2.45, 2.75) is 52.0 Å². The zero-order valence-corrected chi connectivity index (χ0v) is 14.6. The minimum absolute atomic E-state index is 0.182. The standard InChI is InChI=1S/C18H25N3O3/c1-11-9-14(12(2)20(11)3)15(22)10-21-17(23)16(19-18(21)24)13-7-5-4-6-8-13/h9,13,16H,4-8,10H2,1-3H3,(H,19,24)/t16-/m1/s1. The van der Waals surface area contributed by atoms with Crippen LogP contribution >= 0.6 is 0 Å². The minimum Gasteiger partial charge on any atom is -0.351 e. The van der Waals surface area contributed by atoms with Gasteiger partial charge in [-0.3, -0.25) is 14.5 Å². The molecule has 1 N–H and O–H groups in total. The molecule has 2 fully saturated rings. The molecule has 0 spiro atoms. The zero-order valence-electron chi connectivity index (χ0n) is 14.6. The largest absolute Gasteiger partial charge is 0.351 e. The first kappa shape index (κ1) is 16.7. The molecule has 2 aliphatic rings. The van der Waals surface area contributed by atoms with Crippen molar-refractivity contribution in [3.63, 3.8) is 0 Å². The van der Waals surface area contributed by atoms with E-state index in [0.29, 0.717) is 5.56 Å². The maximum atomic E-state index is 12.6. The number of carbonyl (C=O) groups excluding carboxylic acids is 3. The van der Waals surface area contributed by atoms with E-state index in [9.17, 15) is 14.4 Å². The van der Waals surface area contributed by atoms with Crippen molar-refractivity contribution >= 4 is 17.7 Å². The average molecular weight is 331 g/mol. The van der Waals surface area contributed by atoms with Gasteiger partial charge in [0.15, 0.2) is 5.78 Å². The van der Waals surface area contributed by atoms with Gasteiger partial charge in [-0.05, 0) is 38.7 Å². The monoisotopic (exact) mass is 331 g/mol. The van der Waals surface area contributed by atoms with Crippen LogP contribution in [-0.4, -0.2) is 39.8 Å². The number of nitrogens with one attached hydrogen (secondary N) is 1. The Morgan fingerprint density at radius 1 is 1.21 bits per heavy atom. The van der Waals surface area contributed by atoms with Crippen LogP contribution in [0, 0.1) is 19.8 Å². The number of ketones is 1. The van der Waals surface area contributed by atoms with E-state index in [4.69, 9.17) is 0 Å². The number of carbonyl (C=O) groups is 3. The number of hydrogen-bond acceptors (Lipinski definition) is 3. The van der Waals surface area contributed by atoms with Crippen molar-refractivity contribution in [1.82, 2.24) is 14.8 Å². The summed E-state index contributed by atoms with van der Waals surface area (Å²) in [7, 11) is 1.90. The molecule has 2 heterocycles. The first-order valence-electron chi connectivity index (χ1n) is 8.68. The van der Waals surface area contributed by atoms with Crippen molar-refractivity contribution in [2.24, 2.45) is 13.0 Å². The van der Waals surface area contributed by atoms with Gasteiger partial charge in [0.1, 0.15) is 6.04 Å². The summed E-state index contributed by atoms with van der Waals surface area (Å²) < 4.78 is 1.93. The van der Waals surface area contributed by atoms with Crippen molar-refractivity contribution in [3.8, 4) is 0 Å². The summed E-state index contributed by atoms with van der Waals surface area (Å²) in [5.74, 6) is -0.231. The van der Waals surface area contributed by atoms with E-state index in [1.54, 1.807) is 0 Å². The Labute approximate surface area is 142 Å². The van der Waals surface area contributed by atoms with Gasteiger partial charge in [-0.15, -0.1) is 0 Å². The predicted octanol–water partition coefficient (Wildman–Crippen LogP) is 2.33. The number of aromatic nitrogens is 1. The second kappa shape index (κ2) is 6.42. The fourth-order valence-electron chi connectivity index (χ4n) is 3.84. The number of urea groups is 1. The van der Waals surface area contributed by atoms with Crippen LogP contribution in [0.5, 0.6) is 0 Å². The number of hydrogen-bond donors (Lipinski definition) is 1. The van der Waals surface area contributed by atoms with Crippen LogP contribution in [0.4, 0.5) is 4.79 Å². The number of imide groups is 1. The lowest BCUT2D eigenvalue weighted by Crippen LogP contribution is -2.39. The average Bonchev–Trinajstić information content (AvgIpc) is 3.00. The highest BCUT2D eigenvalue weighted by molar-refractivity contribution is 6.09. The molecule has 3 amide bonds. The molecular weight excluding hydrogens is 306 g/mol. The summed E-state index contributed by atoms with van der Waals surface area (Å²) in [6, 6.07) is 0.924. The summed E-state index contributed by atoms with van der Waals surface area (Å²) in [4.78, 5) is 38.5. The van der Waals surface area contributed by atoms with Crippen LogP contribution in [0.1, 0.15) is 53.8 Å². The molecule has 1 atom stereocenters. The van der Waals surface area contributed by atoms with E-state index in [1.165, 1.54) is 6.42 Å². The summed E-state index contributed by atoms with van der Waals surface area (Å²) in [6.07, 6.45) is 5.34. The van der Waals surface area contributed by atoms with Gasteiger partial charge in [-0.2, -0.15) is 0 Å². The van der Waals surface area contributed by atoms with Crippen molar-refractivity contribution in [2.75, 3.05) is 6.54 Å². The van der Waals surface area contributed by atoms with Crippen LogP contribution in [0.2, 0.25) is 0 Å². The van der Waals surface area contributed by atoms with E-state index < -0.39 is 12.1 Å². The SMILES string of the molecule is Cc1cc(C(=O)CN2C(=O)N[C@H](C3CCCCC3)C2=O)c(C)n1C. The highest BCUT2D eigenvalue weighted by Crippen LogP contribution is 2.29. The molecule has 0 radical (unpaired) electrons. The fourth-order valence-corrected chi connectivity index (χ4v) is 3.84. The quantitative estimate of drug-likeness (QED) is 0.680. The molecule has 3 rings (SSSR count). The Morgan fingerprint density at radius 3 is 2.46 bits per heavy atom. The molecule has 1 saturated carbocycles. The number of rotatable bonds is 4. The van der Waals surface area contributed by atoms with Crippen LogP contribution in [-0.2, 0) is 11.8 Å². The molecule has 130 valence electrons. The Bertz CT molecular complexity index is 686. The van der Waals surface area contributed by atoms with Crippen LogP contribution < -0.4 is 5.32 Å². The smallest absolute Gasteiger partial charge is 0.325 e. The third kappa shape index (κ3) is 2.85. The first-order chi connectivity index (χ1) is 11.4. The van der Waals surface area contributed by atoms with Gasteiger partial charge in [0.05, 0.1) is 6.54 Å². The second-order valence-electron chi connectivity index (χ2n) is 7.02. The number of nitrogens with zero attached hydrogens (tertiary/aromatic N) is 2. The fraction of sp³-hybridized carbons (Fsp3) is 0.611. The third-order valence-electron chi connectivity index (χ3n) is 5.55. The number of Topliss-reactive ketones (excluding diaryl/α,β-unsaturated/α-hetero) is 1. The van der Waals surface area contributed by atoms with E-state index in [1.807, 2.05) is 31.5 Å². The summed E-state index contributed by atoms with van der Waals surface area (Å²) in [5, 5.41) is 2.79. The van der Waals surface area contributed by atoms with Gasteiger partial charge in [-0.25, -0.2) is 4.79 Å². The Kier molecular flexibility index (Phi) is 4.47. The number of aryl methyl sites for hydroxylation is 1. The van der Waals surface area contributed by atoms with Crippen molar-refractivity contribution in [3.05, 3.63) is 23.0 Å². The highest BCUT2D eigenvalue weighted by Gasteiger charge is 2.43. The summed E-state index contributed by atoms with van der Waals surface area (Å²) in [6.45, 7) is 3.62. The Balaban J connectivity index is 1.72. The summed E-state index contributed by atoms with van der Waals surface area (Å²) >= 11 is 0. The molecule has 6 heteroatoms. The normalized spacial score (nSPS) is 22.1. The van der Waals surface area contributed by atoms with Crippen LogP contribution in [0.3, 0.4) is 0 Å². The molecule has 1 aliphatic heterocycles. The van der Waals surface area contributed by atoms with Gasteiger partial charge in [0.2, 0.25) is 0 Å². The lowest BCUT2D eigenvalue weighted by atomic mass is 9.84. The van der Waals surface area contributed by atoms with Crippen LogP contribution in [0.15, 0.2) is 6.07 Å². The van der Waals surface area contributed by atoms with Gasteiger partial charge in [0, 0.05) is 24.0 Å². The third-order valence-corrected chi connectivity index (χ3v) is 5.55. The molecule has 1 saturated heterocycles. The van der Waals surface area contributed by atoms with Gasteiger partial charge in [-0.1, -0.05) is 19.3 Å². The highest BCUT2D eigenvalue weighted by atomic mass is 16.2. The predicted molar refractivity (Wildman–Crippen MR) is 89.8 cm³/mol. The van der Waals surface area contributed by atoms with E-state index in [2.05, 4.69) is 5.32 Å². The first-order valence-corrected chi connectivity index (χ1v) is 8.68. The second-order valence-corrected chi connectivity index (χ2v) is 7.02. The molecular formula is C18H25N3O3. The maximum absolute atomic E-state index is 12.6. The molecule has 24 heavy (non-hydrogen) atoms. The molecule has 1 aromatic rings. The maximum Gasteiger partial charge on any atom is 0.325 e. The molecule has 6 nitrogen and oxygen atoms in total. The number of amides is 3. The van der Waals surface area contributed by atoms with E-state index in [-0.39, 0.29) is 24.2 Å². The molecule has 1 aromatic heterocycles. The van der Waals surface area contributed by atoms with Crippen molar-refractivity contribution < 1.29 is 14.4 Å². The molecule has 0 aromatic carbocycles. The zero-order chi connectivity index (χ0) is 17.4. The van der Waals surface area contributed by atoms with Gasteiger partial charge < -0.3 is 9.88 Å². The lowest BCUT2D eigenvalue weighted by molar-refractivity contribution is -0.128. The Morgan fingerprint density at radius 2 is 1.88 bits per heavy atom. The lowest BCUT2D eigenvalue weighted by Gasteiger charge is -2.25. The van der Waals surface area contributed by atoms with Gasteiger partial charge in [0.25, 0.3) is 5.91 Å². The van der Waals surface area contributed by atoms with Crippen LogP contribution in [0.25, 0.3) is 0 Å². The van der Waals surface area contributed by atoms with Gasteiger partial charge >= 0.3 is 6.03 Å². The Hall–Kier alpha value is -2.11. The minimum atomic E-state index is -0.454. The summed E-state index contributed by atoms with van der Waals surface area (Å²) in [5.41, 5.74) is 2.42. The van der Waals surface area contributed by atoms with E-state index in [0.717, 1.165) is 42.0 Å². The van der Waals surface area contributed by atoms with Crippen molar-refractivity contribution in [1.29, 1.82) is 0 Å². The van der Waals surface area contributed by atoms with E-state index >= 15 is 0 Å². The molecule has 0 unspecified atom stereocenters. The molecule has 0 bridgehead atoms. The topological polar surface area (TPSA) is 71.4 Å². The molecule has 1 aliphatic carbocycles.